The number of fused-ring (bicyclic) bond motifs is 1. The molecule has 24 heteroatoms. The minimum Gasteiger partial charge on any atom is -0.445 e. The van der Waals surface area contributed by atoms with Gasteiger partial charge in [-0.15, -0.1) is 0 Å². The molecule has 0 radical (unpaired) electrons. The zero-order chi connectivity index (χ0) is 59.8. The van der Waals surface area contributed by atoms with Crippen LogP contribution in [0.3, 0.4) is 0 Å². The molecule has 0 saturated heterocycles. The van der Waals surface area contributed by atoms with Crippen molar-refractivity contribution in [2.24, 2.45) is 22.4 Å². The van der Waals surface area contributed by atoms with Gasteiger partial charge in [-0.1, -0.05) is 75.7 Å². The highest BCUT2D eigenvalue weighted by Crippen LogP contribution is 2.28. The molecule has 3 heterocycles. The van der Waals surface area contributed by atoms with E-state index in [1.165, 1.54) is 24.5 Å². The number of amidine groups is 1. The lowest BCUT2D eigenvalue weighted by molar-refractivity contribution is -0.137. The van der Waals surface area contributed by atoms with E-state index in [2.05, 4.69) is 52.5 Å². The minimum atomic E-state index is -1.10. The Morgan fingerprint density at radius 3 is 2.16 bits per heavy atom. The van der Waals surface area contributed by atoms with E-state index < -0.39 is 53.9 Å². The van der Waals surface area contributed by atoms with Gasteiger partial charge < -0.3 is 58.7 Å². The topological polar surface area (TPSA) is 357 Å². The third-order valence-electron chi connectivity index (χ3n) is 13.1. The van der Waals surface area contributed by atoms with Crippen LogP contribution in [0.25, 0.3) is 6.08 Å². The molecule has 438 valence electrons. The van der Waals surface area contributed by atoms with Crippen molar-refractivity contribution in [1.82, 2.24) is 41.8 Å². The maximum atomic E-state index is 13.8. The largest absolute Gasteiger partial charge is 0.445 e. The van der Waals surface area contributed by atoms with E-state index in [9.17, 15) is 47.9 Å². The van der Waals surface area contributed by atoms with Gasteiger partial charge in [0.1, 0.15) is 30.6 Å². The molecule has 0 bridgehead atoms. The van der Waals surface area contributed by atoms with E-state index in [-0.39, 0.29) is 99.3 Å². The van der Waals surface area contributed by atoms with Gasteiger partial charge in [-0.2, -0.15) is 0 Å². The minimum absolute atomic E-state index is 0.0125. The SMILES string of the molecule is CCCNC(=O)C1=Cc2ccc(C(=O)Nc3cncc(CNC(=O)[C@H](Cc4ccccc4)NC(=O)OCc4ccc(NC(=O)[C@H](CCCNC(N)=O)NC(=O)[C@@H](NC(=O)CCCCCN5C(=O)C=CC5=O)C(C)C)cc4)c3)cc2N=C(N)C1. The number of aromatic nitrogens is 1. The Balaban J connectivity index is 1.00. The maximum Gasteiger partial charge on any atom is 0.408 e. The summed E-state index contributed by atoms with van der Waals surface area (Å²) in [6.45, 7) is 6.11. The van der Waals surface area contributed by atoms with E-state index in [1.54, 1.807) is 80.6 Å². The fourth-order valence-corrected chi connectivity index (χ4v) is 8.72. The Morgan fingerprint density at radius 1 is 0.699 bits per heavy atom. The van der Waals surface area contributed by atoms with Crippen molar-refractivity contribution in [2.45, 2.75) is 110 Å². The molecular weight excluding hydrogens is 1070 g/mol. The Hall–Kier alpha value is -9.74. The number of benzene rings is 3. The molecule has 83 heavy (non-hydrogen) atoms. The number of nitrogens with two attached hydrogens (primary N) is 2. The summed E-state index contributed by atoms with van der Waals surface area (Å²) in [5.74, 6) is -3.66. The lowest BCUT2D eigenvalue weighted by Crippen LogP contribution is -2.54. The summed E-state index contributed by atoms with van der Waals surface area (Å²) in [5, 5.41) is 21.9. The zero-order valence-electron chi connectivity index (χ0n) is 46.6. The number of imide groups is 1. The molecule has 12 N–H and O–H groups in total. The summed E-state index contributed by atoms with van der Waals surface area (Å²) >= 11 is 0. The molecule has 4 aromatic rings. The highest BCUT2D eigenvalue weighted by Gasteiger charge is 2.30. The number of amides is 11. The first-order valence-electron chi connectivity index (χ1n) is 27.4. The number of ether oxygens (including phenoxy) is 1. The third kappa shape index (κ3) is 20.1. The quantitative estimate of drug-likeness (QED) is 0.0268. The van der Waals surface area contributed by atoms with E-state index >= 15 is 0 Å². The van der Waals surface area contributed by atoms with Crippen LogP contribution in [0.15, 0.2) is 114 Å². The molecule has 0 fully saturated rings. The molecule has 0 saturated carbocycles. The number of urea groups is 1. The highest BCUT2D eigenvalue weighted by molar-refractivity contribution is 6.13. The van der Waals surface area contributed by atoms with Crippen LogP contribution in [0.4, 0.5) is 26.7 Å². The average Bonchev–Trinajstić information content (AvgIpc) is 4.01. The number of carbonyl (C=O) groups excluding carboxylic acids is 10. The van der Waals surface area contributed by atoms with Crippen LogP contribution in [0, 0.1) is 5.92 Å². The van der Waals surface area contributed by atoms with Crippen molar-refractivity contribution in [2.75, 3.05) is 30.3 Å². The van der Waals surface area contributed by atoms with Gasteiger partial charge in [-0.3, -0.25) is 48.2 Å². The number of unbranched alkanes of at least 4 members (excludes halogenated alkanes) is 2. The van der Waals surface area contributed by atoms with E-state index in [4.69, 9.17) is 16.2 Å². The van der Waals surface area contributed by atoms with Gasteiger partial charge in [0.25, 0.3) is 17.7 Å². The van der Waals surface area contributed by atoms with Crippen molar-refractivity contribution in [3.05, 3.63) is 137 Å². The summed E-state index contributed by atoms with van der Waals surface area (Å²) < 4.78 is 5.53. The van der Waals surface area contributed by atoms with Gasteiger partial charge in [0, 0.05) is 86.2 Å². The second-order valence-corrected chi connectivity index (χ2v) is 20.1. The summed E-state index contributed by atoms with van der Waals surface area (Å²) in [4.78, 5) is 138. The lowest BCUT2D eigenvalue weighted by Gasteiger charge is -2.25. The molecular formula is C59H71N13O11. The normalized spacial score (nSPS) is 13.7. The highest BCUT2D eigenvalue weighted by atomic mass is 16.5. The van der Waals surface area contributed by atoms with Crippen molar-refractivity contribution in [1.29, 1.82) is 0 Å². The van der Waals surface area contributed by atoms with E-state index in [0.29, 0.717) is 65.1 Å². The molecule has 11 amide bonds. The first-order chi connectivity index (χ1) is 39.8. The third-order valence-corrected chi connectivity index (χ3v) is 13.1. The second-order valence-electron chi connectivity index (χ2n) is 20.1. The molecule has 6 rings (SSSR count). The van der Waals surface area contributed by atoms with Crippen LogP contribution in [0.2, 0.25) is 0 Å². The van der Waals surface area contributed by atoms with E-state index in [0.717, 1.165) is 16.9 Å². The van der Waals surface area contributed by atoms with Gasteiger partial charge >= 0.3 is 12.1 Å². The number of anilines is 2. The molecule has 0 unspecified atom stereocenters. The van der Waals surface area contributed by atoms with Crippen LogP contribution in [0.1, 0.15) is 105 Å². The number of primary amides is 1. The standard InChI is InChI=1S/C59H71N13O11/c1-4-24-63-53(76)42-29-40-18-19-41(30-46(40)68-48(60)31-42)54(77)67-44-27-39(32-62-34-44)33-65-55(78)47(28-37-12-7-5-8-13-37)70-59(82)83-35-38-16-20-43(21-17-38)66-56(79)45(14-11-25-64-58(61)81)69-57(80)52(36(2)3)71-49(73)15-9-6-10-26-72-50(74)22-23-51(72)75/h5,7-8,12-13,16-23,27,29-30,32,34,36,45,47,52H,4,6,9-11,14-15,24-26,28,31,33,35H2,1-3H3,(H2,60,68)(H,63,76)(H,65,78)(H,66,79)(H,67,77)(H,69,80)(H,70,82)(H,71,73)(H3,61,64,81)/t45-,47-,52-/m0/s1. The van der Waals surface area contributed by atoms with Crippen molar-refractivity contribution in [3.8, 4) is 0 Å². The number of nitrogens with one attached hydrogen (secondary N) is 8. The second kappa shape index (κ2) is 31.3. The molecule has 24 nitrogen and oxygen atoms in total. The van der Waals surface area contributed by atoms with Gasteiger partial charge in [0.2, 0.25) is 29.5 Å². The predicted molar refractivity (Wildman–Crippen MR) is 310 cm³/mol. The molecule has 0 spiro atoms. The van der Waals surface area contributed by atoms with Gasteiger partial charge in [-0.05, 0) is 91.1 Å². The fraction of sp³-hybridized carbons (Fsp3) is 0.356. The maximum absolute atomic E-state index is 13.8. The molecule has 0 aliphatic carbocycles. The monoisotopic (exact) mass is 1140 g/mol. The molecule has 2 aliphatic heterocycles. The molecule has 3 aromatic carbocycles. The predicted octanol–water partition coefficient (Wildman–Crippen LogP) is 4.29. The van der Waals surface area contributed by atoms with Gasteiger partial charge in [-0.25, -0.2) is 14.6 Å². The fourth-order valence-electron chi connectivity index (χ4n) is 8.72. The summed E-state index contributed by atoms with van der Waals surface area (Å²) in [5.41, 5.74) is 15.7. The lowest BCUT2D eigenvalue weighted by atomic mass is 10.0. The van der Waals surface area contributed by atoms with Gasteiger partial charge in [0.15, 0.2) is 0 Å². The number of hydrogen-bond acceptors (Lipinski definition) is 14. The Kier molecular flexibility index (Phi) is 23.6. The van der Waals surface area contributed by atoms with Crippen LogP contribution < -0.4 is 54.0 Å². The van der Waals surface area contributed by atoms with Crippen LogP contribution in [-0.2, 0) is 57.9 Å². The average molecular weight is 1140 g/mol. The van der Waals surface area contributed by atoms with Crippen LogP contribution >= 0.6 is 0 Å². The van der Waals surface area contributed by atoms with Crippen molar-refractivity contribution in [3.63, 3.8) is 0 Å². The number of nitrogens with zero attached hydrogens (tertiary/aromatic N) is 3. The summed E-state index contributed by atoms with van der Waals surface area (Å²) in [6.07, 6.45) is 9.26. The number of hydrogen-bond donors (Lipinski definition) is 10. The molecule has 3 atom stereocenters. The van der Waals surface area contributed by atoms with Gasteiger partial charge in [0.05, 0.1) is 17.6 Å². The van der Waals surface area contributed by atoms with E-state index in [1.807, 2.05) is 25.1 Å². The molecule has 2 aliphatic rings. The summed E-state index contributed by atoms with van der Waals surface area (Å²) in [7, 11) is 0. The Labute approximate surface area is 480 Å². The number of carbonyl (C=O) groups is 10. The first kappa shape index (κ1) is 62.5. The smallest absolute Gasteiger partial charge is 0.408 e. The Bertz CT molecular complexity index is 3090. The van der Waals surface area contributed by atoms with Crippen LogP contribution in [0.5, 0.6) is 0 Å². The van der Waals surface area contributed by atoms with Crippen molar-refractivity contribution >= 4 is 88.4 Å². The number of rotatable bonds is 29. The van der Waals surface area contributed by atoms with Crippen molar-refractivity contribution < 1.29 is 52.7 Å². The summed E-state index contributed by atoms with van der Waals surface area (Å²) in [6, 6.07) is 18.1. The molecule has 1 aromatic heterocycles. The first-order valence-corrected chi connectivity index (χ1v) is 27.4. The Morgan fingerprint density at radius 2 is 1.45 bits per heavy atom. The zero-order valence-corrected chi connectivity index (χ0v) is 46.6. The number of pyridine rings is 1. The number of alkyl carbamates (subject to hydrolysis) is 1. The number of aliphatic imine (C=N–C) groups is 1. The van der Waals surface area contributed by atoms with Crippen LogP contribution in [-0.4, -0.2) is 113 Å².